The number of aliphatic hydroxyl groups is 1. The molecule has 0 aliphatic rings. The Kier molecular flexibility index (Phi) is 9.07. The molecule has 8 heteroatoms. The zero-order valence-corrected chi connectivity index (χ0v) is 21.1. The summed E-state index contributed by atoms with van der Waals surface area (Å²) in [5, 5.41) is 18.3. The number of fused-ring (bicyclic) bond motifs is 1. The molecule has 2 aromatic heterocycles. The summed E-state index contributed by atoms with van der Waals surface area (Å²) < 4.78 is 3.23. The van der Waals surface area contributed by atoms with Crippen LogP contribution in [0.15, 0.2) is 78.3 Å². The molecule has 6 nitrogen and oxygen atoms in total. The number of halogens is 1. The number of aromatic nitrogens is 2. The molecule has 0 fully saturated rings. The molecule has 1 unspecified atom stereocenters. The van der Waals surface area contributed by atoms with Crippen LogP contribution in [-0.4, -0.2) is 33.7 Å². The molecule has 0 aliphatic carbocycles. The number of hydrogen-bond donors (Lipinski definition) is 3. The van der Waals surface area contributed by atoms with E-state index in [9.17, 15) is 5.11 Å². The lowest BCUT2D eigenvalue weighted by Crippen LogP contribution is -2.39. The maximum atomic E-state index is 10.6. The van der Waals surface area contributed by atoms with Crippen molar-refractivity contribution in [2.45, 2.75) is 26.1 Å². The minimum Gasteiger partial charge on any atom is -0.386 e. The molecule has 3 N–H and O–H groups in total. The van der Waals surface area contributed by atoms with E-state index in [2.05, 4.69) is 63.1 Å². The van der Waals surface area contributed by atoms with E-state index in [1.54, 1.807) is 17.5 Å². The van der Waals surface area contributed by atoms with Crippen molar-refractivity contribution < 1.29 is 5.11 Å². The number of nitrogens with one attached hydrogen (secondary N) is 2. The highest BCUT2D eigenvalue weighted by Gasteiger charge is 2.12. The maximum absolute atomic E-state index is 10.6. The zero-order chi connectivity index (χ0) is 21.5. The Morgan fingerprint density at radius 3 is 2.62 bits per heavy atom. The molecule has 4 rings (SSSR count). The van der Waals surface area contributed by atoms with Gasteiger partial charge in [-0.05, 0) is 35.6 Å². The second-order valence-electron chi connectivity index (χ2n) is 7.33. The van der Waals surface area contributed by atoms with E-state index in [4.69, 9.17) is 0 Å². The molecule has 0 radical (unpaired) electrons. The third-order valence-corrected chi connectivity index (χ3v) is 6.16. The Balaban J connectivity index is 0.00000289. The monoisotopic (exact) mass is 561 g/mol. The van der Waals surface area contributed by atoms with E-state index in [-0.39, 0.29) is 24.0 Å². The number of rotatable bonds is 8. The lowest BCUT2D eigenvalue weighted by Gasteiger charge is -2.14. The Bertz CT molecular complexity index is 1090. The molecule has 0 bridgehead atoms. The molecule has 0 saturated heterocycles. The summed E-state index contributed by atoms with van der Waals surface area (Å²) >= 11 is 1.63. The third kappa shape index (κ3) is 6.54. The van der Waals surface area contributed by atoms with Gasteiger partial charge in [-0.15, -0.1) is 35.3 Å². The SMILES string of the molecule is CCNC(=NCc1ccc(Cn2ccnc2)cc1)NCC(O)c1cc2ccccc2s1.I. The quantitative estimate of drug-likeness (QED) is 0.168. The topological polar surface area (TPSA) is 74.5 Å². The number of imidazole rings is 1. The van der Waals surface area contributed by atoms with Crippen molar-refractivity contribution in [1.29, 1.82) is 0 Å². The highest BCUT2D eigenvalue weighted by molar-refractivity contribution is 14.0. The van der Waals surface area contributed by atoms with E-state index in [0.29, 0.717) is 19.0 Å². The van der Waals surface area contributed by atoms with Crippen LogP contribution in [0.3, 0.4) is 0 Å². The summed E-state index contributed by atoms with van der Waals surface area (Å²) in [4.78, 5) is 9.70. The number of nitrogens with zero attached hydrogens (tertiary/aromatic N) is 3. The van der Waals surface area contributed by atoms with Crippen molar-refractivity contribution in [1.82, 2.24) is 20.2 Å². The largest absolute Gasteiger partial charge is 0.386 e. The van der Waals surface area contributed by atoms with Crippen LogP contribution < -0.4 is 10.6 Å². The Morgan fingerprint density at radius 2 is 1.91 bits per heavy atom. The van der Waals surface area contributed by atoms with Crippen LogP contribution in [0.5, 0.6) is 0 Å². The van der Waals surface area contributed by atoms with Crippen molar-refractivity contribution >= 4 is 51.4 Å². The van der Waals surface area contributed by atoms with Gasteiger partial charge in [0, 0.05) is 41.6 Å². The van der Waals surface area contributed by atoms with Crippen LogP contribution in [0.1, 0.15) is 29.0 Å². The van der Waals surface area contributed by atoms with Gasteiger partial charge in [-0.3, -0.25) is 0 Å². The molecule has 32 heavy (non-hydrogen) atoms. The summed E-state index contributed by atoms with van der Waals surface area (Å²) in [5.41, 5.74) is 2.36. The Labute approximate surface area is 209 Å². The summed E-state index contributed by atoms with van der Waals surface area (Å²) in [6, 6.07) is 18.7. The van der Waals surface area contributed by atoms with Crippen molar-refractivity contribution in [3.05, 3.63) is 89.3 Å². The third-order valence-electron chi connectivity index (χ3n) is 4.95. The number of hydrogen-bond acceptors (Lipinski definition) is 4. The van der Waals surface area contributed by atoms with Gasteiger partial charge in [0.25, 0.3) is 0 Å². The average Bonchev–Trinajstić information content (AvgIpc) is 3.46. The minimum absolute atomic E-state index is 0. The van der Waals surface area contributed by atoms with E-state index in [0.717, 1.165) is 23.5 Å². The van der Waals surface area contributed by atoms with Gasteiger partial charge in [0.1, 0.15) is 6.10 Å². The van der Waals surface area contributed by atoms with Gasteiger partial charge in [0.15, 0.2) is 5.96 Å². The predicted octanol–water partition coefficient (Wildman–Crippen LogP) is 4.55. The van der Waals surface area contributed by atoms with Crippen LogP contribution in [0.4, 0.5) is 0 Å². The molecule has 0 aliphatic heterocycles. The fourth-order valence-corrected chi connectivity index (χ4v) is 4.36. The van der Waals surface area contributed by atoms with Crippen molar-refractivity contribution in [2.24, 2.45) is 4.99 Å². The molecule has 2 heterocycles. The van der Waals surface area contributed by atoms with Gasteiger partial charge < -0.3 is 20.3 Å². The van der Waals surface area contributed by atoms with Crippen LogP contribution in [0, 0.1) is 0 Å². The van der Waals surface area contributed by atoms with Crippen molar-refractivity contribution in [3.63, 3.8) is 0 Å². The molecule has 4 aromatic rings. The van der Waals surface area contributed by atoms with Gasteiger partial charge in [-0.2, -0.15) is 0 Å². The molecule has 0 saturated carbocycles. The van der Waals surface area contributed by atoms with Gasteiger partial charge >= 0.3 is 0 Å². The van der Waals surface area contributed by atoms with Crippen LogP contribution >= 0.6 is 35.3 Å². The smallest absolute Gasteiger partial charge is 0.191 e. The second kappa shape index (κ2) is 12.0. The summed E-state index contributed by atoms with van der Waals surface area (Å²) in [6.45, 7) is 4.57. The highest BCUT2D eigenvalue weighted by Crippen LogP contribution is 2.29. The fraction of sp³-hybridized carbons (Fsp3) is 0.250. The number of thiophene rings is 1. The van der Waals surface area contributed by atoms with Crippen LogP contribution in [-0.2, 0) is 13.1 Å². The number of aliphatic hydroxyl groups excluding tert-OH is 1. The first kappa shape index (κ1) is 24.2. The summed E-state index contributed by atoms with van der Waals surface area (Å²) in [6.07, 6.45) is 4.99. The normalized spacial score (nSPS) is 12.4. The van der Waals surface area contributed by atoms with Crippen LogP contribution in [0.2, 0.25) is 0 Å². The first-order valence-corrected chi connectivity index (χ1v) is 11.2. The van der Waals surface area contributed by atoms with E-state index < -0.39 is 6.10 Å². The van der Waals surface area contributed by atoms with Gasteiger partial charge in [0.2, 0.25) is 0 Å². The lowest BCUT2D eigenvalue weighted by molar-refractivity contribution is 0.184. The maximum Gasteiger partial charge on any atom is 0.191 e. The number of benzene rings is 2. The van der Waals surface area contributed by atoms with Crippen molar-refractivity contribution in [3.8, 4) is 0 Å². The predicted molar refractivity (Wildman–Crippen MR) is 143 cm³/mol. The standard InChI is InChI=1S/C24H27N5OS.HI/c1-2-26-24(28-15-21(30)23-13-20-5-3-4-6-22(20)31-23)27-14-18-7-9-19(10-8-18)16-29-12-11-25-17-29;/h3-13,17,21,30H,2,14-16H2,1H3,(H2,26,27,28);1H. The zero-order valence-electron chi connectivity index (χ0n) is 17.9. The van der Waals surface area contributed by atoms with Gasteiger partial charge in [-0.1, -0.05) is 42.5 Å². The molecular weight excluding hydrogens is 533 g/mol. The molecule has 0 amide bonds. The number of guanidine groups is 1. The highest BCUT2D eigenvalue weighted by atomic mass is 127. The molecule has 1 atom stereocenters. The first-order valence-electron chi connectivity index (χ1n) is 10.4. The minimum atomic E-state index is -0.580. The second-order valence-corrected chi connectivity index (χ2v) is 8.45. The van der Waals surface area contributed by atoms with Crippen molar-refractivity contribution in [2.75, 3.05) is 13.1 Å². The van der Waals surface area contributed by atoms with E-state index >= 15 is 0 Å². The van der Waals surface area contributed by atoms with Gasteiger partial charge in [0.05, 0.1) is 12.9 Å². The summed E-state index contributed by atoms with van der Waals surface area (Å²) in [7, 11) is 0. The lowest BCUT2D eigenvalue weighted by atomic mass is 10.1. The van der Waals surface area contributed by atoms with E-state index in [1.807, 2.05) is 36.1 Å². The Hall–Kier alpha value is -2.43. The average molecular weight is 561 g/mol. The molecule has 0 spiro atoms. The molecule has 2 aromatic carbocycles. The molecule has 168 valence electrons. The van der Waals surface area contributed by atoms with Crippen LogP contribution in [0.25, 0.3) is 10.1 Å². The number of aliphatic imine (C=N–C) groups is 1. The fourth-order valence-electron chi connectivity index (χ4n) is 3.31. The van der Waals surface area contributed by atoms with Gasteiger partial charge in [-0.25, -0.2) is 9.98 Å². The molecular formula is C24H28IN5OS. The first-order chi connectivity index (χ1) is 15.2. The Morgan fingerprint density at radius 1 is 1.12 bits per heavy atom. The van der Waals surface area contributed by atoms with E-state index in [1.165, 1.54) is 15.6 Å². The summed E-state index contributed by atoms with van der Waals surface area (Å²) in [5.74, 6) is 0.699.